The van der Waals surface area contributed by atoms with E-state index in [-0.39, 0.29) is 44.3 Å². The molecule has 1 fully saturated rings. The van der Waals surface area contributed by atoms with E-state index in [1.807, 2.05) is 39.4 Å². The van der Waals surface area contributed by atoms with Gasteiger partial charge in [-0.1, -0.05) is 159 Å². The number of hydrogen-bond acceptors (Lipinski definition) is 10. The van der Waals surface area contributed by atoms with Gasteiger partial charge in [-0.25, -0.2) is 4.57 Å². The summed E-state index contributed by atoms with van der Waals surface area (Å²) < 4.78 is 34.4. The van der Waals surface area contributed by atoms with E-state index in [4.69, 9.17) is 18.5 Å². The smallest absolute Gasteiger partial charge is 0.462 e. The summed E-state index contributed by atoms with van der Waals surface area (Å²) in [6.07, 6.45) is 38.6. The molecule has 1 saturated carbocycles. The summed E-state index contributed by atoms with van der Waals surface area (Å²) in [5.74, 6) is -1.40. The number of unbranched alkanes of at least 4 members (excludes halogenated alkanes) is 20. The van der Waals surface area contributed by atoms with Crippen molar-refractivity contribution in [1.29, 1.82) is 0 Å². The average molecular weight is 943 g/mol. The molecule has 4 N–H and O–H groups in total. The fourth-order valence-corrected chi connectivity index (χ4v) is 8.80. The number of nitrogens with zero attached hydrogens (tertiary/aromatic N) is 1. The molecule has 7 atom stereocenters. The Morgan fingerprint density at radius 3 is 1.78 bits per heavy atom. The lowest BCUT2D eigenvalue weighted by Gasteiger charge is -2.24. The van der Waals surface area contributed by atoms with Crippen molar-refractivity contribution in [2.45, 2.75) is 224 Å². The van der Waals surface area contributed by atoms with Gasteiger partial charge in [0.25, 0.3) is 0 Å². The lowest BCUT2D eigenvalue weighted by molar-refractivity contribution is -0.870. The van der Waals surface area contributed by atoms with Crippen LogP contribution in [0, 0.1) is 11.8 Å². The van der Waals surface area contributed by atoms with Crippen molar-refractivity contribution in [3.05, 3.63) is 36.5 Å². The summed E-state index contributed by atoms with van der Waals surface area (Å²) in [6, 6.07) is 0. The first kappa shape index (κ1) is 61.1. The van der Waals surface area contributed by atoms with E-state index in [2.05, 4.69) is 26.0 Å². The SMILES string of the molecule is CCCCCCCC/C=C\CCCCCCCCCCCCCC(=O)OC[C@H](COP(=O)(O)OCC[N+](C)(C)C)OC(=O)CCC/C=C/C[C@@H]1[C@@H](/C=C/[C@@H](O)CCCCC)[C@H](O)C[C@@H]1O. The van der Waals surface area contributed by atoms with Crippen molar-refractivity contribution < 1.29 is 57.4 Å². The Kier molecular flexibility index (Phi) is 36.7. The molecule has 1 rings (SSSR count). The molecule has 0 aliphatic heterocycles. The predicted octanol–water partition coefficient (Wildman–Crippen LogP) is 11.6. The fraction of sp³-hybridized carbons (Fsp3) is 0.846. The number of aliphatic hydroxyl groups excluding tert-OH is 3. The average Bonchev–Trinajstić information content (AvgIpc) is 3.52. The van der Waals surface area contributed by atoms with E-state index in [9.17, 15) is 34.4 Å². The maximum absolute atomic E-state index is 12.9. The Morgan fingerprint density at radius 1 is 0.662 bits per heavy atom. The molecule has 380 valence electrons. The molecule has 1 aliphatic carbocycles. The van der Waals surface area contributed by atoms with Crippen LogP contribution in [0.3, 0.4) is 0 Å². The molecule has 1 aliphatic rings. The van der Waals surface area contributed by atoms with Gasteiger partial charge in [0.15, 0.2) is 6.10 Å². The van der Waals surface area contributed by atoms with Crippen LogP contribution in [0.1, 0.15) is 200 Å². The topological polar surface area (TPSA) is 169 Å². The number of phosphoric ester groups is 1. The summed E-state index contributed by atoms with van der Waals surface area (Å²) in [4.78, 5) is 35.7. The van der Waals surface area contributed by atoms with E-state index in [1.54, 1.807) is 6.08 Å². The number of quaternary nitrogens is 1. The molecule has 0 aromatic carbocycles. The Hall–Kier alpha value is -1.89. The van der Waals surface area contributed by atoms with Gasteiger partial charge in [-0.05, 0) is 63.7 Å². The molecule has 0 aromatic heterocycles. The van der Waals surface area contributed by atoms with Crippen LogP contribution in [0.25, 0.3) is 0 Å². The Bertz CT molecular complexity index is 1320. The van der Waals surface area contributed by atoms with E-state index in [0.717, 1.165) is 38.5 Å². The normalized spacial score (nSPS) is 20.0. The van der Waals surface area contributed by atoms with Crippen molar-refractivity contribution in [2.24, 2.45) is 11.8 Å². The van der Waals surface area contributed by atoms with Crippen LogP contribution in [-0.4, -0.2) is 109 Å². The van der Waals surface area contributed by atoms with Gasteiger partial charge in [0, 0.05) is 25.2 Å². The minimum absolute atomic E-state index is 0.0121. The monoisotopic (exact) mass is 943 g/mol. The van der Waals surface area contributed by atoms with Gasteiger partial charge in [0.1, 0.15) is 19.8 Å². The summed E-state index contributed by atoms with van der Waals surface area (Å²) in [6.45, 7) is 4.06. The molecule has 1 unspecified atom stereocenters. The third-order valence-electron chi connectivity index (χ3n) is 12.2. The molecule has 0 aromatic rings. The van der Waals surface area contributed by atoms with Crippen LogP contribution >= 0.6 is 7.82 Å². The van der Waals surface area contributed by atoms with Gasteiger partial charge in [-0.2, -0.15) is 0 Å². The molecule has 0 heterocycles. The van der Waals surface area contributed by atoms with Gasteiger partial charge in [0.2, 0.25) is 0 Å². The predicted molar refractivity (Wildman–Crippen MR) is 263 cm³/mol. The highest BCUT2D eigenvalue weighted by Gasteiger charge is 2.39. The zero-order valence-electron chi connectivity index (χ0n) is 41.8. The number of allylic oxidation sites excluding steroid dienone is 4. The van der Waals surface area contributed by atoms with Crippen LogP contribution in [0.5, 0.6) is 0 Å². The summed E-state index contributed by atoms with van der Waals surface area (Å²) in [5.41, 5.74) is 0. The number of carbonyl (C=O) groups excluding carboxylic acids is 2. The molecular formula is C52H97NO11P+. The molecule has 0 bridgehead atoms. The van der Waals surface area contributed by atoms with Crippen molar-refractivity contribution in [1.82, 2.24) is 0 Å². The summed E-state index contributed by atoms with van der Waals surface area (Å²) >= 11 is 0. The van der Waals surface area contributed by atoms with Gasteiger partial charge in [0.05, 0.1) is 46.1 Å². The quantitative estimate of drug-likeness (QED) is 0.0151. The minimum atomic E-state index is -4.45. The van der Waals surface area contributed by atoms with E-state index >= 15 is 0 Å². The highest BCUT2D eigenvalue weighted by Crippen LogP contribution is 2.43. The van der Waals surface area contributed by atoms with Gasteiger partial charge >= 0.3 is 19.8 Å². The zero-order chi connectivity index (χ0) is 48.0. The maximum atomic E-state index is 12.9. The molecule has 13 heteroatoms. The van der Waals surface area contributed by atoms with Crippen molar-refractivity contribution in [2.75, 3.05) is 47.5 Å². The van der Waals surface area contributed by atoms with Crippen molar-refractivity contribution >= 4 is 19.8 Å². The largest absolute Gasteiger partial charge is 0.472 e. The van der Waals surface area contributed by atoms with Crippen molar-refractivity contribution in [3.8, 4) is 0 Å². The molecule has 0 spiro atoms. The third-order valence-corrected chi connectivity index (χ3v) is 13.2. The summed E-state index contributed by atoms with van der Waals surface area (Å²) in [5, 5.41) is 31.4. The van der Waals surface area contributed by atoms with Gasteiger partial charge < -0.3 is 34.2 Å². The van der Waals surface area contributed by atoms with Crippen LogP contribution < -0.4 is 0 Å². The molecule has 0 radical (unpaired) electrons. The number of likely N-dealkylation sites (N-methyl/N-ethyl adjacent to an activating group) is 1. The second-order valence-corrected chi connectivity index (χ2v) is 21.0. The first-order chi connectivity index (χ1) is 31.2. The lowest BCUT2D eigenvalue weighted by Crippen LogP contribution is -2.37. The number of carbonyl (C=O) groups is 2. The first-order valence-corrected chi connectivity index (χ1v) is 27.5. The molecule has 0 amide bonds. The lowest BCUT2D eigenvalue weighted by atomic mass is 9.89. The Morgan fingerprint density at radius 2 is 1.18 bits per heavy atom. The van der Waals surface area contributed by atoms with E-state index in [1.165, 1.54) is 96.3 Å². The zero-order valence-corrected chi connectivity index (χ0v) is 42.7. The van der Waals surface area contributed by atoms with Gasteiger partial charge in [-0.15, -0.1) is 0 Å². The van der Waals surface area contributed by atoms with E-state index in [0.29, 0.717) is 43.1 Å². The Labute approximate surface area is 396 Å². The number of ether oxygens (including phenoxy) is 2. The molecule has 0 saturated heterocycles. The van der Waals surface area contributed by atoms with Crippen molar-refractivity contribution in [3.63, 3.8) is 0 Å². The highest BCUT2D eigenvalue weighted by atomic mass is 31.2. The molecular weight excluding hydrogens is 846 g/mol. The number of hydrogen-bond donors (Lipinski definition) is 4. The summed E-state index contributed by atoms with van der Waals surface area (Å²) in [7, 11) is 1.33. The number of phosphoric acid groups is 1. The maximum Gasteiger partial charge on any atom is 0.472 e. The molecule has 65 heavy (non-hydrogen) atoms. The first-order valence-electron chi connectivity index (χ1n) is 26.0. The highest BCUT2D eigenvalue weighted by molar-refractivity contribution is 7.47. The number of aliphatic hydroxyl groups is 3. The fourth-order valence-electron chi connectivity index (χ4n) is 8.06. The van der Waals surface area contributed by atoms with Crippen LogP contribution in [-0.2, 0) is 32.7 Å². The van der Waals surface area contributed by atoms with E-state index < -0.39 is 50.8 Å². The van der Waals surface area contributed by atoms with Crippen LogP contribution in [0.2, 0.25) is 0 Å². The standard InChI is InChI=1S/C52H96NO11P/c1-6-8-10-11-12-13-14-15-16-17-18-19-20-21-22-23-24-25-26-27-32-36-51(57)61-43-46(44-63-65(59,60)62-41-40-53(3,4)5)64-52(58)37-33-29-28-31-35-47-48(50(56)42-49(47)55)39-38-45(54)34-30-9-7-2/h15-16,28,31,38-39,45-50,54-56H,6-14,17-27,29-30,32-37,40-44H2,1-5H3/p+1/b16-15-,31-28+,39-38+/t45-,46+,47+,48+,49-,50+/m0/s1. The Balaban J connectivity index is 2.39. The number of esters is 2. The van der Waals surface area contributed by atoms with Crippen LogP contribution in [0.4, 0.5) is 0 Å². The van der Waals surface area contributed by atoms with Crippen LogP contribution in [0.15, 0.2) is 36.5 Å². The second-order valence-electron chi connectivity index (χ2n) is 19.5. The second kappa shape index (κ2) is 39.0. The third kappa shape index (κ3) is 35.9. The number of rotatable bonds is 43. The molecule has 12 nitrogen and oxygen atoms in total. The van der Waals surface area contributed by atoms with Gasteiger partial charge in [-0.3, -0.25) is 18.6 Å². The minimum Gasteiger partial charge on any atom is -0.462 e.